The predicted octanol–water partition coefficient (Wildman–Crippen LogP) is 3.72. The number of nitrogens with zero attached hydrogens (tertiary/aromatic N) is 2. The molecule has 0 saturated carbocycles. The SMILES string of the molecule is CC(C)(C)OC(=O)N1CCCCC1Nc1ccc(C#N)cc1. The first-order valence-corrected chi connectivity index (χ1v) is 7.65. The van der Waals surface area contributed by atoms with Crippen LogP contribution in [0.15, 0.2) is 24.3 Å². The molecule has 2 rings (SSSR count). The summed E-state index contributed by atoms with van der Waals surface area (Å²) >= 11 is 0. The molecule has 1 N–H and O–H groups in total. The predicted molar refractivity (Wildman–Crippen MR) is 85.4 cm³/mol. The minimum absolute atomic E-state index is 0.0727. The molecule has 1 aliphatic heterocycles. The molecule has 5 heteroatoms. The second-order valence-electron chi connectivity index (χ2n) is 6.52. The van der Waals surface area contributed by atoms with Crippen molar-refractivity contribution in [3.8, 4) is 6.07 Å². The van der Waals surface area contributed by atoms with E-state index in [1.165, 1.54) is 0 Å². The maximum atomic E-state index is 12.3. The number of carbonyl (C=O) groups is 1. The van der Waals surface area contributed by atoms with Gasteiger partial charge in [-0.05, 0) is 64.3 Å². The van der Waals surface area contributed by atoms with Crippen LogP contribution >= 0.6 is 0 Å². The maximum absolute atomic E-state index is 12.3. The van der Waals surface area contributed by atoms with Crippen molar-refractivity contribution in [1.82, 2.24) is 4.90 Å². The summed E-state index contributed by atoms with van der Waals surface area (Å²) in [6.45, 7) is 6.32. The minimum Gasteiger partial charge on any atom is -0.444 e. The van der Waals surface area contributed by atoms with Gasteiger partial charge < -0.3 is 10.1 Å². The van der Waals surface area contributed by atoms with E-state index in [0.29, 0.717) is 12.1 Å². The van der Waals surface area contributed by atoms with E-state index in [1.54, 1.807) is 17.0 Å². The molecule has 1 saturated heterocycles. The molecule has 1 aromatic carbocycles. The summed E-state index contributed by atoms with van der Waals surface area (Å²) in [6, 6.07) is 9.36. The molecular formula is C17H23N3O2. The van der Waals surface area contributed by atoms with Crippen molar-refractivity contribution >= 4 is 11.8 Å². The zero-order valence-electron chi connectivity index (χ0n) is 13.4. The second kappa shape index (κ2) is 6.69. The van der Waals surface area contributed by atoms with Gasteiger partial charge in [-0.1, -0.05) is 0 Å². The van der Waals surface area contributed by atoms with Crippen LogP contribution in [0.3, 0.4) is 0 Å². The van der Waals surface area contributed by atoms with E-state index in [4.69, 9.17) is 10.00 Å². The van der Waals surface area contributed by atoms with Crippen LogP contribution in [-0.2, 0) is 4.74 Å². The lowest BCUT2D eigenvalue weighted by Gasteiger charge is -2.37. The number of likely N-dealkylation sites (tertiary alicyclic amines) is 1. The van der Waals surface area contributed by atoms with Crippen molar-refractivity contribution in [2.45, 2.75) is 51.8 Å². The van der Waals surface area contributed by atoms with Crippen LogP contribution in [0.4, 0.5) is 10.5 Å². The lowest BCUT2D eigenvalue weighted by Crippen LogP contribution is -2.49. The van der Waals surface area contributed by atoms with Crippen molar-refractivity contribution in [3.63, 3.8) is 0 Å². The topological polar surface area (TPSA) is 65.4 Å². The molecule has 0 radical (unpaired) electrons. The van der Waals surface area contributed by atoms with Crippen molar-refractivity contribution in [1.29, 1.82) is 5.26 Å². The van der Waals surface area contributed by atoms with Crippen LogP contribution in [-0.4, -0.2) is 29.3 Å². The van der Waals surface area contributed by atoms with Crippen molar-refractivity contribution in [3.05, 3.63) is 29.8 Å². The third-order valence-corrected chi connectivity index (χ3v) is 3.48. The Labute approximate surface area is 131 Å². The quantitative estimate of drug-likeness (QED) is 0.904. The highest BCUT2D eigenvalue weighted by Crippen LogP contribution is 2.22. The summed E-state index contributed by atoms with van der Waals surface area (Å²) in [4.78, 5) is 14.1. The average molecular weight is 301 g/mol. The molecule has 22 heavy (non-hydrogen) atoms. The second-order valence-corrected chi connectivity index (χ2v) is 6.52. The smallest absolute Gasteiger partial charge is 0.411 e. The van der Waals surface area contributed by atoms with Crippen LogP contribution < -0.4 is 5.32 Å². The number of hydrogen-bond donors (Lipinski definition) is 1. The highest BCUT2D eigenvalue weighted by atomic mass is 16.6. The highest BCUT2D eigenvalue weighted by Gasteiger charge is 2.30. The zero-order chi connectivity index (χ0) is 16.2. The minimum atomic E-state index is -0.493. The van der Waals surface area contributed by atoms with E-state index in [2.05, 4.69) is 11.4 Å². The summed E-state index contributed by atoms with van der Waals surface area (Å²) in [6.07, 6.45) is 2.60. The number of carbonyl (C=O) groups excluding carboxylic acids is 1. The number of nitrogens with one attached hydrogen (secondary N) is 1. The molecule has 118 valence electrons. The summed E-state index contributed by atoms with van der Waals surface area (Å²) in [7, 11) is 0. The van der Waals surface area contributed by atoms with Gasteiger partial charge in [0, 0.05) is 12.2 Å². The van der Waals surface area contributed by atoms with Gasteiger partial charge in [0.05, 0.1) is 11.6 Å². The Morgan fingerprint density at radius 1 is 1.32 bits per heavy atom. The Balaban J connectivity index is 2.06. The van der Waals surface area contributed by atoms with Gasteiger partial charge in [-0.15, -0.1) is 0 Å². The Kier molecular flexibility index (Phi) is 4.92. The molecule has 5 nitrogen and oxygen atoms in total. The Hall–Kier alpha value is -2.22. The zero-order valence-corrected chi connectivity index (χ0v) is 13.4. The van der Waals surface area contributed by atoms with E-state index in [0.717, 1.165) is 24.9 Å². The first-order valence-electron chi connectivity index (χ1n) is 7.65. The van der Waals surface area contributed by atoms with Gasteiger partial charge in [0.2, 0.25) is 0 Å². The molecule has 1 aliphatic rings. The first-order chi connectivity index (χ1) is 10.4. The van der Waals surface area contributed by atoms with Crippen LogP contribution in [0.2, 0.25) is 0 Å². The van der Waals surface area contributed by atoms with Crippen molar-refractivity contribution in [2.75, 3.05) is 11.9 Å². The Bertz CT molecular complexity index is 555. The molecule has 1 atom stereocenters. The fourth-order valence-electron chi connectivity index (χ4n) is 2.45. The summed E-state index contributed by atoms with van der Waals surface area (Å²) in [5.74, 6) is 0. The van der Waals surface area contributed by atoms with E-state index in [-0.39, 0.29) is 12.3 Å². The number of hydrogen-bond acceptors (Lipinski definition) is 4. The largest absolute Gasteiger partial charge is 0.444 e. The molecular weight excluding hydrogens is 278 g/mol. The molecule has 1 fully saturated rings. The van der Waals surface area contributed by atoms with Gasteiger partial charge in [0.15, 0.2) is 0 Å². The fraction of sp³-hybridized carbons (Fsp3) is 0.529. The van der Waals surface area contributed by atoms with E-state index in [9.17, 15) is 4.79 Å². The molecule has 0 bridgehead atoms. The molecule has 1 heterocycles. The van der Waals surface area contributed by atoms with Crippen molar-refractivity contribution in [2.24, 2.45) is 0 Å². The number of piperidine rings is 1. The Morgan fingerprint density at radius 3 is 2.59 bits per heavy atom. The number of benzene rings is 1. The normalized spacial score (nSPS) is 18.5. The van der Waals surface area contributed by atoms with Crippen LogP contribution in [0.1, 0.15) is 45.6 Å². The monoisotopic (exact) mass is 301 g/mol. The van der Waals surface area contributed by atoms with E-state index >= 15 is 0 Å². The van der Waals surface area contributed by atoms with E-state index < -0.39 is 5.60 Å². The van der Waals surface area contributed by atoms with Gasteiger partial charge in [-0.2, -0.15) is 5.26 Å². The van der Waals surface area contributed by atoms with Gasteiger partial charge >= 0.3 is 6.09 Å². The molecule has 0 aromatic heterocycles. The van der Waals surface area contributed by atoms with Gasteiger partial charge in [-0.25, -0.2) is 4.79 Å². The number of nitriles is 1. The lowest BCUT2D eigenvalue weighted by molar-refractivity contribution is 0.0130. The van der Waals surface area contributed by atoms with Gasteiger partial charge in [0.25, 0.3) is 0 Å². The summed E-state index contributed by atoms with van der Waals surface area (Å²) in [5, 5.41) is 12.2. The standard InChI is InChI=1S/C17H23N3O2/c1-17(2,3)22-16(21)20-11-5-4-6-15(20)19-14-9-7-13(12-18)8-10-14/h7-10,15,19H,4-6,11H2,1-3H3. The molecule has 1 unspecified atom stereocenters. The van der Waals surface area contributed by atoms with Crippen molar-refractivity contribution < 1.29 is 9.53 Å². The molecule has 1 amide bonds. The molecule has 0 aliphatic carbocycles. The van der Waals surface area contributed by atoms with Gasteiger partial charge in [0.1, 0.15) is 11.8 Å². The number of ether oxygens (including phenoxy) is 1. The van der Waals surface area contributed by atoms with Crippen LogP contribution in [0.25, 0.3) is 0 Å². The van der Waals surface area contributed by atoms with E-state index in [1.807, 2.05) is 32.9 Å². The van der Waals surface area contributed by atoms with Crippen LogP contribution in [0.5, 0.6) is 0 Å². The van der Waals surface area contributed by atoms with Gasteiger partial charge in [-0.3, -0.25) is 4.90 Å². The first kappa shape index (κ1) is 16.2. The average Bonchev–Trinajstić information content (AvgIpc) is 2.47. The summed E-state index contributed by atoms with van der Waals surface area (Å²) in [5.41, 5.74) is 1.03. The fourth-order valence-corrected chi connectivity index (χ4v) is 2.45. The number of anilines is 1. The lowest BCUT2D eigenvalue weighted by atomic mass is 10.1. The number of amides is 1. The maximum Gasteiger partial charge on any atom is 0.411 e. The van der Waals surface area contributed by atoms with Crippen LogP contribution in [0, 0.1) is 11.3 Å². The highest BCUT2D eigenvalue weighted by molar-refractivity contribution is 5.69. The summed E-state index contributed by atoms with van der Waals surface area (Å²) < 4.78 is 5.49. The number of rotatable bonds is 2. The third-order valence-electron chi connectivity index (χ3n) is 3.48. The Morgan fingerprint density at radius 2 is 2.00 bits per heavy atom. The third kappa shape index (κ3) is 4.39. The molecule has 0 spiro atoms. The molecule has 1 aromatic rings.